The molecule has 0 radical (unpaired) electrons. The highest BCUT2D eigenvalue weighted by Gasteiger charge is 2.29. The molecule has 0 spiro atoms. The molecule has 2 N–H and O–H groups in total. The number of hydrogen-bond donors (Lipinski definition) is 2. The van der Waals surface area contributed by atoms with Crippen molar-refractivity contribution in [3.05, 3.63) is 59.7 Å². The van der Waals surface area contributed by atoms with E-state index in [-0.39, 0.29) is 36.2 Å². The minimum absolute atomic E-state index is 0.0767. The van der Waals surface area contributed by atoms with Crippen molar-refractivity contribution < 1.29 is 19.1 Å². The van der Waals surface area contributed by atoms with Gasteiger partial charge >= 0.3 is 0 Å². The van der Waals surface area contributed by atoms with Crippen molar-refractivity contribution in [3.8, 4) is 5.75 Å². The van der Waals surface area contributed by atoms with Crippen LogP contribution in [0.15, 0.2) is 48.5 Å². The molecule has 1 saturated carbocycles. The van der Waals surface area contributed by atoms with Crippen LogP contribution in [0.5, 0.6) is 5.75 Å². The van der Waals surface area contributed by atoms with Gasteiger partial charge in [0, 0.05) is 18.0 Å². The zero-order valence-electron chi connectivity index (χ0n) is 17.4. The van der Waals surface area contributed by atoms with Crippen molar-refractivity contribution in [2.75, 3.05) is 11.9 Å². The second-order valence-electron chi connectivity index (χ2n) is 7.81. The number of ketones is 1. The average molecular weight is 408 g/mol. The third-order valence-electron chi connectivity index (χ3n) is 5.06. The number of hydrogen-bond acceptors (Lipinski definition) is 4. The summed E-state index contributed by atoms with van der Waals surface area (Å²) in [7, 11) is 0. The number of carbonyl (C=O) groups is 3. The van der Waals surface area contributed by atoms with Gasteiger partial charge in [-0.3, -0.25) is 9.59 Å². The first-order valence-corrected chi connectivity index (χ1v) is 10.3. The van der Waals surface area contributed by atoms with E-state index >= 15 is 0 Å². The molecule has 6 nitrogen and oxygen atoms in total. The zero-order chi connectivity index (χ0) is 21.5. The van der Waals surface area contributed by atoms with E-state index in [2.05, 4.69) is 10.6 Å². The van der Waals surface area contributed by atoms with Crippen molar-refractivity contribution in [3.63, 3.8) is 0 Å². The summed E-state index contributed by atoms with van der Waals surface area (Å²) in [6.07, 6.45) is 3.17. The predicted octanol–water partition coefficient (Wildman–Crippen LogP) is 3.81. The molecule has 158 valence electrons. The number of rotatable bonds is 10. The maximum Gasteiger partial charge on any atom is 0.258 e. The van der Waals surface area contributed by atoms with Gasteiger partial charge in [0.2, 0.25) is 5.91 Å². The van der Waals surface area contributed by atoms with Crippen molar-refractivity contribution in [2.45, 2.75) is 45.6 Å². The van der Waals surface area contributed by atoms with Crippen LogP contribution in [0, 0.1) is 5.92 Å². The van der Waals surface area contributed by atoms with E-state index in [0.29, 0.717) is 18.6 Å². The van der Waals surface area contributed by atoms with Gasteiger partial charge in [-0.2, -0.15) is 0 Å². The molecular formula is C24H28N2O4. The number of amides is 2. The first kappa shape index (κ1) is 21.6. The second-order valence-corrected chi connectivity index (χ2v) is 7.81. The van der Waals surface area contributed by atoms with Crippen molar-refractivity contribution >= 4 is 23.3 Å². The monoisotopic (exact) mass is 408 g/mol. The van der Waals surface area contributed by atoms with Crippen LogP contribution in [0.2, 0.25) is 0 Å². The summed E-state index contributed by atoms with van der Waals surface area (Å²) in [4.78, 5) is 35.1. The maximum atomic E-state index is 12.2. The normalized spacial score (nSPS) is 13.9. The molecule has 0 heterocycles. The molecule has 1 fully saturated rings. The SMILES string of the molecule is CC(=O)CCc1ccc(OCC(=O)NC(C)c2ccc(NC(=O)C3CC3)cc2)cc1. The van der Waals surface area contributed by atoms with Crippen LogP contribution >= 0.6 is 0 Å². The van der Waals surface area contributed by atoms with Gasteiger partial charge in [-0.15, -0.1) is 0 Å². The first-order chi connectivity index (χ1) is 14.4. The summed E-state index contributed by atoms with van der Waals surface area (Å²) < 4.78 is 5.55. The fourth-order valence-corrected chi connectivity index (χ4v) is 3.03. The number of anilines is 1. The van der Waals surface area contributed by atoms with Gasteiger partial charge < -0.3 is 20.2 Å². The predicted molar refractivity (Wildman–Crippen MR) is 115 cm³/mol. The van der Waals surface area contributed by atoms with Crippen LogP contribution in [0.4, 0.5) is 5.69 Å². The molecule has 2 aromatic rings. The lowest BCUT2D eigenvalue weighted by Crippen LogP contribution is -2.31. The van der Waals surface area contributed by atoms with E-state index < -0.39 is 0 Å². The molecular weight excluding hydrogens is 380 g/mol. The van der Waals surface area contributed by atoms with Gasteiger partial charge in [-0.1, -0.05) is 24.3 Å². The minimum atomic E-state index is -0.214. The second kappa shape index (κ2) is 10.1. The van der Waals surface area contributed by atoms with Gasteiger partial charge in [0.05, 0.1) is 6.04 Å². The molecule has 1 unspecified atom stereocenters. The minimum Gasteiger partial charge on any atom is -0.484 e. The van der Waals surface area contributed by atoms with Gasteiger partial charge in [0.25, 0.3) is 5.91 Å². The van der Waals surface area contributed by atoms with E-state index in [1.54, 1.807) is 19.1 Å². The number of carbonyl (C=O) groups excluding carboxylic acids is 3. The van der Waals surface area contributed by atoms with Crippen LogP contribution in [0.3, 0.4) is 0 Å². The van der Waals surface area contributed by atoms with Crippen molar-refractivity contribution in [1.29, 1.82) is 0 Å². The first-order valence-electron chi connectivity index (χ1n) is 10.3. The lowest BCUT2D eigenvalue weighted by Gasteiger charge is -2.15. The van der Waals surface area contributed by atoms with Crippen LogP contribution in [-0.2, 0) is 20.8 Å². The highest BCUT2D eigenvalue weighted by molar-refractivity contribution is 5.94. The summed E-state index contributed by atoms with van der Waals surface area (Å²) in [5.41, 5.74) is 2.78. The van der Waals surface area contributed by atoms with Gasteiger partial charge in [0.1, 0.15) is 11.5 Å². The molecule has 2 amide bonds. The third kappa shape index (κ3) is 6.72. The van der Waals surface area contributed by atoms with E-state index in [4.69, 9.17) is 4.74 Å². The molecule has 0 saturated heterocycles. The highest BCUT2D eigenvalue weighted by atomic mass is 16.5. The number of Topliss-reactive ketones (excluding diaryl/α,β-unsaturated/α-hetero) is 1. The Kier molecular flexibility index (Phi) is 7.22. The maximum absolute atomic E-state index is 12.2. The summed E-state index contributed by atoms with van der Waals surface area (Å²) >= 11 is 0. The number of nitrogens with one attached hydrogen (secondary N) is 2. The van der Waals surface area contributed by atoms with Crippen LogP contribution < -0.4 is 15.4 Å². The Morgan fingerprint density at radius 3 is 2.30 bits per heavy atom. The molecule has 6 heteroatoms. The van der Waals surface area contributed by atoms with Crippen LogP contribution in [0.25, 0.3) is 0 Å². The van der Waals surface area contributed by atoms with Gasteiger partial charge in [-0.25, -0.2) is 0 Å². The Morgan fingerprint density at radius 1 is 1.03 bits per heavy atom. The Labute approximate surface area is 177 Å². The summed E-state index contributed by atoms with van der Waals surface area (Å²) in [6.45, 7) is 3.41. The zero-order valence-corrected chi connectivity index (χ0v) is 17.4. The molecule has 2 aromatic carbocycles. The molecule has 0 aliphatic heterocycles. The highest BCUT2D eigenvalue weighted by Crippen LogP contribution is 2.30. The average Bonchev–Trinajstić information content (AvgIpc) is 3.57. The van der Waals surface area contributed by atoms with E-state index in [1.807, 2.05) is 43.3 Å². The third-order valence-corrected chi connectivity index (χ3v) is 5.06. The lowest BCUT2D eigenvalue weighted by molar-refractivity contribution is -0.123. The largest absolute Gasteiger partial charge is 0.484 e. The Bertz CT molecular complexity index is 886. The van der Waals surface area contributed by atoms with Crippen molar-refractivity contribution in [1.82, 2.24) is 5.32 Å². The lowest BCUT2D eigenvalue weighted by atomic mass is 10.1. The fourth-order valence-electron chi connectivity index (χ4n) is 3.03. The number of ether oxygens (including phenoxy) is 1. The van der Waals surface area contributed by atoms with Crippen LogP contribution in [0.1, 0.15) is 50.3 Å². The smallest absolute Gasteiger partial charge is 0.258 e. The Morgan fingerprint density at radius 2 is 1.70 bits per heavy atom. The molecule has 3 rings (SSSR count). The fraction of sp³-hybridized carbons (Fsp3) is 0.375. The summed E-state index contributed by atoms with van der Waals surface area (Å²) in [6, 6.07) is 14.7. The molecule has 0 aromatic heterocycles. The van der Waals surface area contributed by atoms with E-state index in [9.17, 15) is 14.4 Å². The Hall–Kier alpha value is -3.15. The van der Waals surface area contributed by atoms with Gasteiger partial charge in [-0.05, 0) is 68.5 Å². The molecule has 1 atom stereocenters. The number of benzene rings is 2. The topological polar surface area (TPSA) is 84.5 Å². The van der Waals surface area contributed by atoms with Gasteiger partial charge in [0.15, 0.2) is 6.61 Å². The summed E-state index contributed by atoms with van der Waals surface area (Å²) in [5, 5.41) is 5.81. The van der Waals surface area contributed by atoms with Crippen LogP contribution in [-0.4, -0.2) is 24.2 Å². The quantitative estimate of drug-likeness (QED) is 0.626. The standard InChI is InChI=1S/C24H28N2O4/c1-16(27)3-4-18-5-13-22(14-6-18)30-15-23(28)25-17(2)19-9-11-21(12-10-19)26-24(29)20-7-8-20/h5-6,9-14,17,20H,3-4,7-8,15H2,1-2H3,(H,25,28)(H,26,29). The van der Waals surface area contributed by atoms with E-state index in [0.717, 1.165) is 29.7 Å². The molecule has 1 aliphatic rings. The number of aryl methyl sites for hydroxylation is 1. The van der Waals surface area contributed by atoms with E-state index in [1.165, 1.54) is 0 Å². The Balaban J connectivity index is 1.42. The van der Waals surface area contributed by atoms with Crippen molar-refractivity contribution in [2.24, 2.45) is 5.92 Å². The molecule has 1 aliphatic carbocycles. The molecule has 0 bridgehead atoms. The molecule has 30 heavy (non-hydrogen) atoms. The summed E-state index contributed by atoms with van der Waals surface area (Å²) in [5.74, 6) is 0.806.